The predicted molar refractivity (Wildman–Crippen MR) is 120 cm³/mol. The van der Waals surface area contributed by atoms with Crippen LogP contribution < -0.4 is 0 Å². The van der Waals surface area contributed by atoms with Gasteiger partial charge in [0.2, 0.25) is 0 Å². The van der Waals surface area contributed by atoms with Crippen molar-refractivity contribution in [1.82, 2.24) is 0 Å². The molecule has 0 amide bonds. The summed E-state index contributed by atoms with van der Waals surface area (Å²) in [6.07, 6.45) is -8.30. The molecule has 0 bridgehead atoms. The summed E-state index contributed by atoms with van der Waals surface area (Å²) in [7, 11) is 0. The van der Waals surface area contributed by atoms with E-state index in [2.05, 4.69) is 9.47 Å². The first kappa shape index (κ1) is 32.7. The zero-order chi connectivity index (χ0) is 29.0. The molecule has 5 atom stereocenters. The molecule has 1 heterocycles. The van der Waals surface area contributed by atoms with Crippen molar-refractivity contribution in [2.45, 2.75) is 84.3 Å². The van der Waals surface area contributed by atoms with Crippen molar-refractivity contribution in [2.24, 2.45) is 0 Å². The van der Waals surface area contributed by atoms with Crippen LogP contribution >= 0.6 is 0 Å². The topological polar surface area (TPSA) is 176 Å². The van der Waals surface area contributed by atoms with Gasteiger partial charge in [0, 0.05) is 34.1 Å². The van der Waals surface area contributed by atoms with Crippen molar-refractivity contribution in [3.05, 3.63) is 0 Å². The van der Waals surface area contributed by atoms with Crippen molar-refractivity contribution in [2.75, 3.05) is 26.4 Å². The summed E-state index contributed by atoms with van der Waals surface area (Å²) in [6, 6.07) is 0. The Hall–Kier alpha value is -3.33. The lowest BCUT2D eigenvalue weighted by molar-refractivity contribution is -0.308. The highest BCUT2D eigenvalue weighted by Gasteiger charge is 2.54. The van der Waals surface area contributed by atoms with Crippen LogP contribution in [0.25, 0.3) is 0 Å². The second kappa shape index (κ2) is 15.2. The minimum Gasteiger partial charge on any atom is -0.463 e. The van der Waals surface area contributed by atoms with Crippen molar-refractivity contribution in [1.29, 1.82) is 0 Å². The van der Waals surface area contributed by atoms with E-state index >= 15 is 4.39 Å². The van der Waals surface area contributed by atoms with Gasteiger partial charge in [0.25, 0.3) is 0 Å². The van der Waals surface area contributed by atoms with Gasteiger partial charge in [0.05, 0.1) is 19.8 Å². The molecule has 216 valence electrons. The second-order valence-electron chi connectivity index (χ2n) is 7.93. The van der Waals surface area contributed by atoms with Crippen LogP contribution in [0.2, 0.25) is 0 Å². The van der Waals surface area contributed by atoms with Crippen molar-refractivity contribution >= 4 is 35.8 Å². The second-order valence-corrected chi connectivity index (χ2v) is 7.93. The number of hydrogen-bond acceptors (Lipinski definition) is 14. The molecule has 0 saturated carbocycles. The zero-order valence-corrected chi connectivity index (χ0v) is 22.0. The van der Waals surface area contributed by atoms with Crippen LogP contribution in [0.3, 0.4) is 0 Å². The molecular formula is C23H33FO14. The molecule has 1 fully saturated rings. The van der Waals surface area contributed by atoms with Crippen LogP contribution in [0.5, 0.6) is 0 Å². The Kier molecular flexibility index (Phi) is 13.1. The maximum atomic E-state index is 15.4. The molecule has 1 aliphatic heterocycles. The highest BCUT2D eigenvalue weighted by molar-refractivity contribution is 6.03. The molecule has 0 N–H and O–H groups in total. The van der Waals surface area contributed by atoms with Crippen LogP contribution in [0.4, 0.5) is 4.39 Å². The Bertz CT molecular complexity index is 856. The Labute approximate surface area is 218 Å². The summed E-state index contributed by atoms with van der Waals surface area (Å²) < 4.78 is 56.6. The average Bonchev–Trinajstić information content (AvgIpc) is 2.80. The summed E-state index contributed by atoms with van der Waals surface area (Å²) in [6.45, 7) is 5.43. The lowest BCUT2D eigenvalue weighted by atomic mass is 9.98. The van der Waals surface area contributed by atoms with Gasteiger partial charge in [-0.2, -0.15) is 0 Å². The fourth-order valence-corrected chi connectivity index (χ4v) is 3.42. The van der Waals surface area contributed by atoms with Crippen molar-refractivity contribution in [3.63, 3.8) is 0 Å². The van der Waals surface area contributed by atoms with E-state index in [0.717, 1.165) is 27.7 Å². The summed E-state index contributed by atoms with van der Waals surface area (Å²) in [5.74, 6) is -6.27. The summed E-state index contributed by atoms with van der Waals surface area (Å²) in [4.78, 5) is 71.2. The Morgan fingerprint density at radius 3 is 1.63 bits per heavy atom. The molecule has 0 spiro atoms. The average molecular weight is 553 g/mol. The molecule has 1 rings (SSSR count). The highest BCUT2D eigenvalue weighted by Crippen LogP contribution is 2.31. The van der Waals surface area contributed by atoms with Crippen LogP contribution in [0, 0.1) is 0 Å². The van der Waals surface area contributed by atoms with Gasteiger partial charge in [-0.1, -0.05) is 0 Å². The summed E-state index contributed by atoms with van der Waals surface area (Å²) >= 11 is 0. The lowest BCUT2D eigenvalue weighted by Gasteiger charge is -2.44. The van der Waals surface area contributed by atoms with Gasteiger partial charge in [-0.15, -0.1) is 0 Å². The number of alkyl halides is 1. The number of carbonyl (C=O) groups excluding carboxylic acids is 6. The van der Waals surface area contributed by atoms with Crippen molar-refractivity contribution in [3.8, 4) is 0 Å². The normalized spacial score (nSPS) is 23.0. The molecule has 0 aliphatic carbocycles. The van der Waals surface area contributed by atoms with Gasteiger partial charge >= 0.3 is 41.5 Å². The molecule has 1 unspecified atom stereocenters. The van der Waals surface area contributed by atoms with Crippen LogP contribution in [0.1, 0.15) is 48.0 Å². The molecule has 15 heteroatoms. The molecule has 38 heavy (non-hydrogen) atoms. The molecule has 0 radical (unpaired) electrons. The third-order valence-corrected chi connectivity index (χ3v) is 4.87. The third kappa shape index (κ3) is 9.52. The molecular weight excluding hydrogens is 519 g/mol. The molecule has 0 aromatic carbocycles. The molecule has 1 aliphatic rings. The number of esters is 6. The number of hydrogen-bond donors (Lipinski definition) is 0. The van der Waals surface area contributed by atoms with Gasteiger partial charge in [0.1, 0.15) is 12.7 Å². The molecule has 0 aromatic heterocycles. The minimum absolute atomic E-state index is 0.218. The molecule has 14 nitrogen and oxygen atoms in total. The van der Waals surface area contributed by atoms with Crippen LogP contribution in [0.15, 0.2) is 0 Å². The van der Waals surface area contributed by atoms with Gasteiger partial charge < -0.3 is 37.9 Å². The monoisotopic (exact) mass is 552 g/mol. The van der Waals surface area contributed by atoms with Gasteiger partial charge in [0.15, 0.2) is 24.6 Å². The SMILES string of the molecule is CCOC(=O)C(F)(CCOC1O[C@H](COC(C)=O)[C@@H](OC(C)=O)[C@H](OC(C)=O)[C@@H]1OC(C)=O)C(=O)OCC. The Morgan fingerprint density at radius 1 is 0.711 bits per heavy atom. The Balaban J connectivity index is 3.31. The largest absolute Gasteiger partial charge is 0.463 e. The number of ether oxygens (including phenoxy) is 8. The molecule has 0 aromatic rings. The maximum Gasteiger partial charge on any atom is 0.355 e. The van der Waals surface area contributed by atoms with Gasteiger partial charge in [-0.05, 0) is 13.8 Å². The van der Waals surface area contributed by atoms with Crippen LogP contribution in [-0.2, 0) is 66.7 Å². The van der Waals surface area contributed by atoms with Crippen molar-refractivity contribution < 1.29 is 71.1 Å². The first-order valence-corrected chi connectivity index (χ1v) is 11.7. The quantitative estimate of drug-likeness (QED) is 0.173. The minimum atomic E-state index is -3.23. The van der Waals surface area contributed by atoms with E-state index in [1.165, 1.54) is 13.8 Å². The van der Waals surface area contributed by atoms with Crippen LogP contribution in [-0.4, -0.2) is 98.6 Å². The Morgan fingerprint density at radius 2 is 1.18 bits per heavy atom. The first-order chi connectivity index (χ1) is 17.8. The fourth-order valence-electron chi connectivity index (χ4n) is 3.42. The number of rotatable bonds is 13. The first-order valence-electron chi connectivity index (χ1n) is 11.7. The zero-order valence-electron chi connectivity index (χ0n) is 22.0. The van der Waals surface area contributed by atoms with E-state index in [0.29, 0.717) is 0 Å². The van der Waals surface area contributed by atoms with Gasteiger partial charge in [-0.25, -0.2) is 14.0 Å². The number of carbonyl (C=O) groups is 6. The van der Waals surface area contributed by atoms with E-state index in [-0.39, 0.29) is 13.2 Å². The van der Waals surface area contributed by atoms with E-state index in [1.807, 2.05) is 0 Å². The maximum absolute atomic E-state index is 15.4. The summed E-state index contributed by atoms with van der Waals surface area (Å²) in [5, 5.41) is 0. The fraction of sp³-hybridized carbons (Fsp3) is 0.739. The van der Waals surface area contributed by atoms with E-state index in [1.54, 1.807) is 0 Å². The standard InChI is InChI=1S/C23H33FO14/c1-7-31-21(29)23(24,22(30)32-8-2)9-10-33-20-19(37-15(6)28)18(36-14(5)27)17(35-13(4)26)16(38-20)11-34-12(3)25/h16-20H,7-11H2,1-6H3/t16-,17-,18+,19+,20?/m1/s1. The van der Waals surface area contributed by atoms with Gasteiger partial charge in [-0.3, -0.25) is 19.2 Å². The predicted octanol–water partition coefficient (Wildman–Crippen LogP) is 0.311. The molecule has 1 saturated heterocycles. The number of halogens is 1. The smallest absolute Gasteiger partial charge is 0.355 e. The highest BCUT2D eigenvalue weighted by atomic mass is 19.1. The third-order valence-electron chi connectivity index (χ3n) is 4.87. The van der Waals surface area contributed by atoms with E-state index < -0.39 is 91.8 Å². The summed E-state index contributed by atoms with van der Waals surface area (Å²) in [5.41, 5.74) is -3.23. The van der Waals surface area contributed by atoms with E-state index in [9.17, 15) is 28.8 Å². The van der Waals surface area contributed by atoms with E-state index in [4.69, 9.17) is 28.4 Å². The lowest BCUT2D eigenvalue weighted by Crippen LogP contribution is -2.63.